The van der Waals surface area contributed by atoms with Gasteiger partial charge in [0.1, 0.15) is 12.6 Å². The van der Waals surface area contributed by atoms with E-state index >= 15 is 0 Å². The van der Waals surface area contributed by atoms with Gasteiger partial charge in [0.15, 0.2) is 11.5 Å². The molecular weight excluding hydrogens is 598 g/mol. The Morgan fingerprint density at radius 3 is 2.15 bits per heavy atom. The summed E-state index contributed by atoms with van der Waals surface area (Å²) < 4.78 is 40.5. The van der Waals surface area contributed by atoms with Crippen molar-refractivity contribution in [2.24, 2.45) is 0 Å². The first-order valence-electron chi connectivity index (χ1n) is 12.6. The molecular formula is C29H34BrN3O6S. The summed E-state index contributed by atoms with van der Waals surface area (Å²) in [5.74, 6) is -0.176. The number of amides is 2. The number of nitrogens with one attached hydrogen (secondary N) is 1. The second kappa shape index (κ2) is 13.7. The molecule has 11 heteroatoms. The summed E-state index contributed by atoms with van der Waals surface area (Å²) in [5.41, 5.74) is 1.89. The van der Waals surface area contributed by atoms with Crippen LogP contribution >= 0.6 is 15.9 Å². The minimum Gasteiger partial charge on any atom is -0.493 e. The first kappa shape index (κ1) is 31.0. The maximum Gasteiger partial charge on any atom is 0.264 e. The van der Waals surface area contributed by atoms with Crippen LogP contribution in [0.15, 0.2) is 76.1 Å². The first-order chi connectivity index (χ1) is 19.0. The molecule has 0 aliphatic heterocycles. The van der Waals surface area contributed by atoms with Crippen LogP contribution in [0.25, 0.3) is 0 Å². The fourth-order valence-corrected chi connectivity index (χ4v) is 5.71. The molecule has 0 saturated heterocycles. The van der Waals surface area contributed by atoms with Crippen LogP contribution in [0.5, 0.6) is 11.5 Å². The molecule has 214 valence electrons. The van der Waals surface area contributed by atoms with Crippen LogP contribution in [0.2, 0.25) is 0 Å². The summed E-state index contributed by atoms with van der Waals surface area (Å²) in [6, 6.07) is 17.5. The number of hydrogen-bond donors (Lipinski definition) is 1. The molecule has 2 amide bonds. The monoisotopic (exact) mass is 631 g/mol. The molecule has 0 fully saturated rings. The Hall–Kier alpha value is -3.57. The lowest BCUT2D eigenvalue weighted by Gasteiger charge is -2.32. The molecule has 0 spiro atoms. The fraction of sp³-hybridized carbons (Fsp3) is 0.310. The van der Waals surface area contributed by atoms with Crippen molar-refractivity contribution in [3.05, 3.63) is 82.3 Å². The molecule has 0 aliphatic carbocycles. The Bertz CT molecular complexity index is 1430. The average Bonchev–Trinajstić information content (AvgIpc) is 2.95. The highest BCUT2D eigenvalue weighted by molar-refractivity contribution is 9.10. The Labute approximate surface area is 244 Å². The molecule has 0 aromatic heterocycles. The number of anilines is 1. The lowest BCUT2D eigenvalue weighted by Crippen LogP contribution is -2.51. The highest BCUT2D eigenvalue weighted by Gasteiger charge is 2.33. The number of halogens is 1. The summed E-state index contributed by atoms with van der Waals surface area (Å²) in [5, 5.41) is 2.75. The van der Waals surface area contributed by atoms with Gasteiger partial charge in [-0.05, 0) is 62.7 Å². The third-order valence-electron chi connectivity index (χ3n) is 6.33. The Morgan fingerprint density at radius 1 is 0.950 bits per heavy atom. The molecule has 9 nitrogen and oxygen atoms in total. The topological polar surface area (TPSA) is 105 Å². The van der Waals surface area contributed by atoms with Gasteiger partial charge in [-0.15, -0.1) is 0 Å². The quantitative estimate of drug-likeness (QED) is 0.315. The van der Waals surface area contributed by atoms with Gasteiger partial charge in [-0.2, -0.15) is 0 Å². The van der Waals surface area contributed by atoms with Crippen LogP contribution in [0.4, 0.5) is 5.69 Å². The van der Waals surface area contributed by atoms with Gasteiger partial charge < -0.3 is 19.7 Å². The van der Waals surface area contributed by atoms with Crippen molar-refractivity contribution in [1.82, 2.24) is 10.2 Å². The third kappa shape index (κ3) is 7.33. The number of carbonyl (C=O) groups excluding carboxylic acids is 2. The summed E-state index contributed by atoms with van der Waals surface area (Å²) >= 11 is 3.41. The van der Waals surface area contributed by atoms with E-state index in [-0.39, 0.29) is 23.0 Å². The van der Waals surface area contributed by atoms with Gasteiger partial charge in [-0.1, -0.05) is 45.8 Å². The van der Waals surface area contributed by atoms with E-state index in [1.165, 1.54) is 37.3 Å². The summed E-state index contributed by atoms with van der Waals surface area (Å²) in [7, 11) is -1.28. The van der Waals surface area contributed by atoms with Gasteiger partial charge in [0.25, 0.3) is 10.0 Å². The zero-order chi connectivity index (χ0) is 29.4. The second-order valence-electron chi connectivity index (χ2n) is 9.08. The van der Waals surface area contributed by atoms with E-state index in [0.717, 1.165) is 19.9 Å². The zero-order valence-electron chi connectivity index (χ0n) is 23.2. The molecule has 1 atom stereocenters. The molecule has 0 heterocycles. The van der Waals surface area contributed by atoms with Gasteiger partial charge in [0.05, 0.1) is 24.8 Å². The van der Waals surface area contributed by atoms with Crippen molar-refractivity contribution in [2.75, 3.05) is 31.6 Å². The first-order valence-corrected chi connectivity index (χ1v) is 14.9. The minimum atomic E-state index is -4.20. The van der Waals surface area contributed by atoms with Crippen molar-refractivity contribution in [3.8, 4) is 11.5 Å². The molecule has 0 unspecified atom stereocenters. The summed E-state index contributed by atoms with van der Waals surface area (Å²) in [6.07, 6.45) is 0. The van der Waals surface area contributed by atoms with Gasteiger partial charge in [-0.25, -0.2) is 8.42 Å². The second-order valence-corrected chi connectivity index (χ2v) is 11.9. The lowest BCUT2D eigenvalue weighted by molar-refractivity contribution is -0.139. The number of hydrogen-bond acceptors (Lipinski definition) is 6. The zero-order valence-corrected chi connectivity index (χ0v) is 25.6. The number of aryl methyl sites for hydroxylation is 1. The standard InChI is InChI=1S/C29H34BrN3O6S/c1-6-31-29(35)21(3)32(18-22-9-11-23(30)12-10-22)28(34)19-33(24-13-16-26(38-4)27(17-24)39-5)40(36,37)25-14-7-20(2)8-15-25/h7-17,21H,6,18-19H2,1-5H3,(H,31,35)/t21-/m1/s1. The molecule has 0 bridgehead atoms. The summed E-state index contributed by atoms with van der Waals surface area (Å²) in [4.78, 5) is 28.2. The lowest BCUT2D eigenvalue weighted by atomic mass is 10.1. The van der Waals surface area contributed by atoms with Gasteiger partial charge in [0.2, 0.25) is 11.8 Å². The maximum atomic E-state index is 14.0. The van der Waals surface area contributed by atoms with E-state index in [0.29, 0.717) is 18.0 Å². The highest BCUT2D eigenvalue weighted by Crippen LogP contribution is 2.34. The number of methoxy groups -OCH3 is 2. The van der Waals surface area contributed by atoms with Crippen LogP contribution in [-0.4, -0.2) is 58.5 Å². The number of sulfonamides is 1. The average molecular weight is 633 g/mol. The number of nitrogens with zero attached hydrogens (tertiary/aromatic N) is 2. The molecule has 40 heavy (non-hydrogen) atoms. The molecule has 0 aliphatic rings. The van der Waals surface area contributed by atoms with Crippen LogP contribution in [0, 0.1) is 6.92 Å². The van der Waals surface area contributed by atoms with E-state index in [4.69, 9.17) is 9.47 Å². The Kier molecular flexibility index (Phi) is 10.6. The molecule has 3 rings (SSSR count). The summed E-state index contributed by atoms with van der Waals surface area (Å²) in [6.45, 7) is 5.22. The van der Waals surface area contributed by atoms with Crippen molar-refractivity contribution in [3.63, 3.8) is 0 Å². The molecule has 1 N–H and O–H groups in total. The number of rotatable bonds is 12. The van der Waals surface area contributed by atoms with E-state index in [2.05, 4.69) is 21.2 Å². The Balaban J connectivity index is 2.08. The van der Waals surface area contributed by atoms with E-state index < -0.39 is 28.5 Å². The Morgan fingerprint density at radius 2 is 1.57 bits per heavy atom. The van der Waals surface area contributed by atoms with Crippen molar-refractivity contribution in [1.29, 1.82) is 0 Å². The molecule has 0 saturated carbocycles. The van der Waals surface area contributed by atoms with Gasteiger partial charge in [-0.3, -0.25) is 13.9 Å². The minimum absolute atomic E-state index is 0.0249. The maximum absolute atomic E-state index is 14.0. The van der Waals surface area contributed by atoms with Crippen molar-refractivity contribution < 1.29 is 27.5 Å². The van der Waals surface area contributed by atoms with Crippen LogP contribution in [-0.2, 0) is 26.2 Å². The van der Waals surface area contributed by atoms with E-state index in [1.54, 1.807) is 38.1 Å². The highest BCUT2D eigenvalue weighted by atomic mass is 79.9. The molecule has 3 aromatic carbocycles. The van der Waals surface area contributed by atoms with Crippen molar-refractivity contribution >= 4 is 43.5 Å². The fourth-order valence-electron chi connectivity index (χ4n) is 4.04. The molecule has 3 aromatic rings. The van der Waals surface area contributed by atoms with Crippen molar-refractivity contribution in [2.45, 2.75) is 38.3 Å². The van der Waals surface area contributed by atoms with E-state index in [1.807, 2.05) is 31.2 Å². The van der Waals surface area contributed by atoms with Crippen LogP contribution in [0.1, 0.15) is 25.0 Å². The SMILES string of the molecule is CCNC(=O)[C@@H](C)N(Cc1ccc(Br)cc1)C(=O)CN(c1ccc(OC)c(OC)c1)S(=O)(=O)c1ccc(C)cc1. The number of benzene rings is 3. The number of likely N-dealkylation sites (N-methyl/N-ethyl adjacent to an activating group) is 1. The largest absolute Gasteiger partial charge is 0.493 e. The predicted octanol–water partition coefficient (Wildman–Crippen LogP) is 4.52. The van der Waals surface area contributed by atoms with Gasteiger partial charge in [0, 0.05) is 23.6 Å². The molecule has 0 radical (unpaired) electrons. The van der Waals surface area contributed by atoms with Crippen LogP contribution in [0.3, 0.4) is 0 Å². The predicted molar refractivity (Wildman–Crippen MR) is 158 cm³/mol. The number of carbonyl (C=O) groups is 2. The number of ether oxygens (including phenoxy) is 2. The third-order valence-corrected chi connectivity index (χ3v) is 8.64. The van der Waals surface area contributed by atoms with Crippen LogP contribution < -0.4 is 19.1 Å². The van der Waals surface area contributed by atoms with E-state index in [9.17, 15) is 18.0 Å². The normalized spacial score (nSPS) is 11.8. The smallest absolute Gasteiger partial charge is 0.264 e. The van der Waals surface area contributed by atoms with Gasteiger partial charge >= 0.3 is 0 Å².